The Morgan fingerprint density at radius 1 is 1.21 bits per heavy atom. The van der Waals surface area contributed by atoms with Gasteiger partial charge in [-0.1, -0.05) is 26.2 Å². The van der Waals surface area contributed by atoms with Crippen molar-refractivity contribution in [1.82, 2.24) is 0 Å². The Morgan fingerprint density at radius 2 is 2.00 bits per heavy atom. The first-order valence-corrected chi connectivity index (χ1v) is 7.09. The summed E-state index contributed by atoms with van der Waals surface area (Å²) in [5.41, 5.74) is 0. The van der Waals surface area contributed by atoms with Crippen LogP contribution in [0.25, 0.3) is 0 Å². The standard InChI is InChI=1S/C14H26O5/c1-2-3-4-5-6-7-8-18-12-10-19-11(9-15)13(16)14(12)17/h7-8,11-17H,2-6,9-10H2,1H3/b8-7+/t11-,12+,13-,14-/m1/s1. The van der Waals surface area contributed by atoms with Gasteiger partial charge in [-0.3, -0.25) is 0 Å². The highest BCUT2D eigenvalue weighted by atomic mass is 16.6. The van der Waals surface area contributed by atoms with Crippen LogP contribution in [0.5, 0.6) is 0 Å². The van der Waals surface area contributed by atoms with E-state index in [9.17, 15) is 10.2 Å². The Hall–Kier alpha value is -0.620. The largest absolute Gasteiger partial charge is 0.493 e. The van der Waals surface area contributed by atoms with Crippen LogP contribution in [0.2, 0.25) is 0 Å². The van der Waals surface area contributed by atoms with Crippen LogP contribution < -0.4 is 0 Å². The summed E-state index contributed by atoms with van der Waals surface area (Å²) in [6.45, 7) is 2.04. The quantitative estimate of drug-likeness (QED) is 0.454. The number of aliphatic hydroxyl groups is 3. The summed E-state index contributed by atoms with van der Waals surface area (Å²) in [7, 11) is 0. The maximum absolute atomic E-state index is 9.81. The van der Waals surface area contributed by atoms with E-state index in [-0.39, 0.29) is 13.2 Å². The van der Waals surface area contributed by atoms with Gasteiger partial charge in [-0.25, -0.2) is 0 Å². The number of hydrogen-bond donors (Lipinski definition) is 3. The molecule has 5 heteroatoms. The second kappa shape index (κ2) is 9.31. The van der Waals surface area contributed by atoms with E-state index in [1.165, 1.54) is 19.3 Å². The van der Waals surface area contributed by atoms with Crippen molar-refractivity contribution in [3.05, 3.63) is 12.3 Å². The second-order valence-electron chi connectivity index (χ2n) is 4.93. The van der Waals surface area contributed by atoms with E-state index in [4.69, 9.17) is 14.6 Å². The molecule has 0 saturated carbocycles. The molecule has 1 fully saturated rings. The lowest BCUT2D eigenvalue weighted by molar-refractivity contribution is -0.196. The molecule has 3 N–H and O–H groups in total. The Balaban J connectivity index is 2.20. The zero-order valence-corrected chi connectivity index (χ0v) is 11.6. The van der Waals surface area contributed by atoms with Gasteiger partial charge in [0.15, 0.2) is 0 Å². The fourth-order valence-electron chi connectivity index (χ4n) is 2.05. The molecule has 19 heavy (non-hydrogen) atoms. The summed E-state index contributed by atoms with van der Waals surface area (Å²) >= 11 is 0. The highest BCUT2D eigenvalue weighted by molar-refractivity contribution is 4.89. The van der Waals surface area contributed by atoms with E-state index in [1.54, 1.807) is 6.26 Å². The molecule has 0 aromatic rings. The molecule has 0 aliphatic carbocycles. The number of allylic oxidation sites excluding steroid dienone is 1. The van der Waals surface area contributed by atoms with Gasteiger partial charge in [-0.15, -0.1) is 0 Å². The number of aliphatic hydroxyl groups excluding tert-OH is 3. The third-order valence-corrected chi connectivity index (χ3v) is 3.34. The van der Waals surface area contributed by atoms with Crippen LogP contribution in [0, 0.1) is 0 Å². The molecular weight excluding hydrogens is 248 g/mol. The first-order chi connectivity index (χ1) is 9.20. The summed E-state index contributed by atoms with van der Waals surface area (Å²) in [4.78, 5) is 0. The minimum atomic E-state index is -1.11. The van der Waals surface area contributed by atoms with Crippen molar-refractivity contribution >= 4 is 0 Å². The molecule has 0 radical (unpaired) electrons. The molecule has 5 nitrogen and oxygen atoms in total. The van der Waals surface area contributed by atoms with Crippen LogP contribution in [-0.2, 0) is 9.47 Å². The molecule has 1 saturated heterocycles. The molecule has 0 aromatic carbocycles. The molecule has 0 bridgehead atoms. The van der Waals surface area contributed by atoms with E-state index in [0.29, 0.717) is 0 Å². The molecular formula is C14H26O5. The van der Waals surface area contributed by atoms with Crippen molar-refractivity contribution < 1.29 is 24.8 Å². The lowest BCUT2D eigenvalue weighted by atomic mass is 10.0. The Bertz CT molecular complexity index is 256. The van der Waals surface area contributed by atoms with Crippen LogP contribution in [0.3, 0.4) is 0 Å². The minimum Gasteiger partial charge on any atom is -0.493 e. The van der Waals surface area contributed by atoms with Crippen molar-refractivity contribution in [3.63, 3.8) is 0 Å². The second-order valence-corrected chi connectivity index (χ2v) is 4.93. The van der Waals surface area contributed by atoms with Crippen LogP contribution in [-0.4, -0.2) is 52.9 Å². The van der Waals surface area contributed by atoms with Crippen LogP contribution in [0.4, 0.5) is 0 Å². The Kier molecular flexibility index (Phi) is 8.05. The van der Waals surface area contributed by atoms with Gasteiger partial charge in [-0.05, 0) is 18.9 Å². The molecule has 4 atom stereocenters. The number of hydrogen-bond acceptors (Lipinski definition) is 5. The predicted molar refractivity (Wildman–Crippen MR) is 71.6 cm³/mol. The molecule has 0 amide bonds. The van der Waals surface area contributed by atoms with Crippen molar-refractivity contribution in [2.75, 3.05) is 13.2 Å². The summed E-state index contributed by atoms with van der Waals surface area (Å²) < 4.78 is 10.6. The van der Waals surface area contributed by atoms with Crippen molar-refractivity contribution in [2.45, 2.75) is 63.4 Å². The average Bonchev–Trinajstić information content (AvgIpc) is 2.42. The van der Waals surface area contributed by atoms with Gasteiger partial charge in [-0.2, -0.15) is 0 Å². The maximum atomic E-state index is 9.81. The zero-order valence-electron chi connectivity index (χ0n) is 11.6. The van der Waals surface area contributed by atoms with Crippen LogP contribution >= 0.6 is 0 Å². The van der Waals surface area contributed by atoms with Crippen molar-refractivity contribution in [1.29, 1.82) is 0 Å². The third-order valence-electron chi connectivity index (χ3n) is 3.34. The highest BCUT2D eigenvalue weighted by Gasteiger charge is 2.38. The SMILES string of the molecule is CCCCCC/C=C/O[C@H]1CO[C@H](CO)[C@@H](O)[C@@H]1O. The Morgan fingerprint density at radius 3 is 2.68 bits per heavy atom. The lowest BCUT2D eigenvalue weighted by Crippen LogP contribution is -2.54. The predicted octanol–water partition coefficient (Wildman–Crippen LogP) is 0.969. The summed E-state index contributed by atoms with van der Waals surface area (Å²) in [6, 6.07) is 0. The van der Waals surface area contributed by atoms with E-state index in [1.807, 2.05) is 6.08 Å². The average molecular weight is 274 g/mol. The van der Waals surface area contributed by atoms with Gasteiger partial charge in [0.2, 0.25) is 0 Å². The molecule has 1 aliphatic heterocycles. The molecule has 1 aliphatic rings. The van der Waals surface area contributed by atoms with Crippen LogP contribution in [0.15, 0.2) is 12.3 Å². The van der Waals surface area contributed by atoms with E-state index >= 15 is 0 Å². The first kappa shape index (κ1) is 16.4. The highest BCUT2D eigenvalue weighted by Crippen LogP contribution is 2.18. The normalized spacial score (nSPS) is 31.8. The molecule has 1 heterocycles. The van der Waals surface area contributed by atoms with Gasteiger partial charge in [0, 0.05) is 0 Å². The van der Waals surface area contributed by atoms with E-state index in [0.717, 1.165) is 12.8 Å². The summed E-state index contributed by atoms with van der Waals surface area (Å²) in [5.74, 6) is 0. The smallest absolute Gasteiger partial charge is 0.149 e. The lowest BCUT2D eigenvalue weighted by Gasteiger charge is -2.36. The zero-order chi connectivity index (χ0) is 14.1. The fraction of sp³-hybridized carbons (Fsp3) is 0.857. The van der Waals surface area contributed by atoms with Crippen molar-refractivity contribution in [2.24, 2.45) is 0 Å². The first-order valence-electron chi connectivity index (χ1n) is 7.09. The Labute approximate surface area is 114 Å². The topological polar surface area (TPSA) is 79.2 Å². The number of unbranched alkanes of at least 4 members (excludes halogenated alkanes) is 4. The molecule has 112 valence electrons. The van der Waals surface area contributed by atoms with Gasteiger partial charge in [0.05, 0.1) is 19.5 Å². The van der Waals surface area contributed by atoms with Crippen LogP contribution in [0.1, 0.15) is 39.0 Å². The monoisotopic (exact) mass is 274 g/mol. The molecule has 0 aromatic heterocycles. The fourth-order valence-corrected chi connectivity index (χ4v) is 2.05. The molecule has 1 rings (SSSR count). The summed E-state index contributed by atoms with van der Waals surface area (Å²) in [6.07, 6.45) is 5.80. The third kappa shape index (κ3) is 5.48. The van der Waals surface area contributed by atoms with Gasteiger partial charge >= 0.3 is 0 Å². The minimum absolute atomic E-state index is 0.170. The van der Waals surface area contributed by atoms with Gasteiger partial charge < -0.3 is 24.8 Å². The van der Waals surface area contributed by atoms with E-state index < -0.39 is 24.4 Å². The van der Waals surface area contributed by atoms with Gasteiger partial charge in [0.1, 0.15) is 24.4 Å². The summed E-state index contributed by atoms with van der Waals surface area (Å²) in [5, 5.41) is 28.4. The van der Waals surface area contributed by atoms with Gasteiger partial charge in [0.25, 0.3) is 0 Å². The van der Waals surface area contributed by atoms with E-state index in [2.05, 4.69) is 6.92 Å². The van der Waals surface area contributed by atoms with Crippen molar-refractivity contribution in [3.8, 4) is 0 Å². The maximum Gasteiger partial charge on any atom is 0.149 e. The number of ether oxygens (including phenoxy) is 2. The number of rotatable bonds is 8. The molecule has 0 spiro atoms. The molecule has 0 unspecified atom stereocenters.